The lowest BCUT2D eigenvalue weighted by Gasteiger charge is -2.08. The maximum Gasteiger partial charge on any atom is 0.235 e. The normalized spacial score (nSPS) is 20.3. The number of carbonyl (C=O) groups excluding carboxylic acids is 1. The Morgan fingerprint density at radius 1 is 1.89 bits per heavy atom. The van der Waals surface area contributed by atoms with Gasteiger partial charge >= 0.3 is 0 Å². The second kappa shape index (κ2) is 3.08. The van der Waals surface area contributed by atoms with Crippen molar-refractivity contribution in [1.29, 1.82) is 0 Å². The molecule has 9 heavy (non-hydrogen) atoms. The Morgan fingerprint density at radius 2 is 2.67 bits per heavy atom. The van der Waals surface area contributed by atoms with Crippen molar-refractivity contribution in [3.63, 3.8) is 0 Å². The van der Waals surface area contributed by atoms with Gasteiger partial charge in [-0.15, -0.1) is 11.8 Å². The summed E-state index contributed by atoms with van der Waals surface area (Å²) < 4.78 is 0. The van der Waals surface area contributed by atoms with Gasteiger partial charge in [0.15, 0.2) is 0 Å². The Balaban J connectivity index is 2.22. The SMILES string of the molecule is CSCN1CNC(=O)C1. The predicted molar refractivity (Wildman–Crippen MR) is 38.1 cm³/mol. The van der Waals surface area contributed by atoms with Gasteiger partial charge in [-0.3, -0.25) is 9.69 Å². The third kappa shape index (κ3) is 1.87. The summed E-state index contributed by atoms with van der Waals surface area (Å²) >= 11 is 1.73. The molecule has 0 saturated carbocycles. The summed E-state index contributed by atoms with van der Waals surface area (Å²) in [6.07, 6.45) is 2.03. The quantitative estimate of drug-likeness (QED) is 0.580. The molecule has 1 saturated heterocycles. The van der Waals surface area contributed by atoms with Crippen LogP contribution in [0.4, 0.5) is 0 Å². The van der Waals surface area contributed by atoms with E-state index in [2.05, 4.69) is 10.2 Å². The number of thioether (sulfide) groups is 1. The standard InChI is InChI=1S/C5H10N2OS/c1-9-4-7-2-5(8)6-3-7/h2-4H2,1H3,(H,6,8). The van der Waals surface area contributed by atoms with E-state index in [0.29, 0.717) is 6.54 Å². The minimum Gasteiger partial charge on any atom is -0.342 e. The van der Waals surface area contributed by atoms with Crippen molar-refractivity contribution >= 4 is 17.7 Å². The zero-order valence-electron chi connectivity index (χ0n) is 5.39. The van der Waals surface area contributed by atoms with E-state index in [0.717, 1.165) is 12.5 Å². The fraction of sp³-hybridized carbons (Fsp3) is 0.800. The minimum atomic E-state index is 0.143. The number of carbonyl (C=O) groups is 1. The predicted octanol–water partition coefficient (Wildman–Crippen LogP) is -0.304. The number of nitrogens with zero attached hydrogens (tertiary/aromatic N) is 1. The van der Waals surface area contributed by atoms with Crippen molar-refractivity contribution < 1.29 is 4.79 Å². The van der Waals surface area contributed by atoms with Crippen LogP contribution in [0, 0.1) is 0 Å². The van der Waals surface area contributed by atoms with E-state index in [1.165, 1.54) is 0 Å². The highest BCUT2D eigenvalue weighted by molar-refractivity contribution is 7.98. The summed E-state index contributed by atoms with van der Waals surface area (Å²) in [7, 11) is 0. The first kappa shape index (κ1) is 6.89. The molecule has 1 aliphatic heterocycles. The van der Waals surface area contributed by atoms with E-state index in [1.54, 1.807) is 11.8 Å². The molecule has 0 bridgehead atoms. The molecule has 1 heterocycles. The Hall–Kier alpha value is -0.220. The second-order valence-corrected chi connectivity index (χ2v) is 2.84. The van der Waals surface area contributed by atoms with Crippen LogP contribution < -0.4 is 5.32 Å². The molecule has 4 heteroatoms. The van der Waals surface area contributed by atoms with E-state index in [1.807, 2.05) is 6.26 Å². The van der Waals surface area contributed by atoms with Crippen LogP contribution in [0.1, 0.15) is 0 Å². The average Bonchev–Trinajstić information content (AvgIpc) is 2.17. The van der Waals surface area contributed by atoms with E-state index >= 15 is 0 Å². The molecule has 0 aromatic heterocycles. The van der Waals surface area contributed by atoms with Crippen LogP contribution in [0.2, 0.25) is 0 Å². The molecule has 52 valence electrons. The Labute approximate surface area is 58.8 Å². The summed E-state index contributed by atoms with van der Waals surface area (Å²) in [6, 6.07) is 0. The molecule has 0 aromatic rings. The van der Waals surface area contributed by atoms with Crippen molar-refractivity contribution in [2.24, 2.45) is 0 Å². The largest absolute Gasteiger partial charge is 0.342 e. The summed E-state index contributed by atoms with van der Waals surface area (Å²) in [4.78, 5) is 12.6. The summed E-state index contributed by atoms with van der Waals surface area (Å²) in [6.45, 7) is 1.29. The topological polar surface area (TPSA) is 32.3 Å². The van der Waals surface area contributed by atoms with E-state index < -0.39 is 0 Å². The Kier molecular flexibility index (Phi) is 2.36. The molecule has 3 nitrogen and oxygen atoms in total. The molecule has 0 aromatic carbocycles. The van der Waals surface area contributed by atoms with Crippen molar-refractivity contribution in [3.05, 3.63) is 0 Å². The summed E-state index contributed by atoms with van der Waals surface area (Å²) in [5.74, 6) is 1.09. The summed E-state index contributed by atoms with van der Waals surface area (Å²) in [5, 5.41) is 2.73. The zero-order chi connectivity index (χ0) is 6.69. The number of hydrogen-bond donors (Lipinski definition) is 1. The average molecular weight is 146 g/mol. The molecule has 1 rings (SSSR count). The van der Waals surface area contributed by atoms with E-state index in [-0.39, 0.29) is 5.91 Å². The summed E-state index contributed by atoms with van der Waals surface area (Å²) in [5.41, 5.74) is 0. The van der Waals surface area contributed by atoms with Crippen molar-refractivity contribution in [3.8, 4) is 0 Å². The van der Waals surface area contributed by atoms with Gasteiger partial charge in [-0.25, -0.2) is 0 Å². The number of rotatable bonds is 2. The highest BCUT2D eigenvalue weighted by Gasteiger charge is 2.16. The van der Waals surface area contributed by atoms with Crippen LogP contribution in [-0.4, -0.2) is 36.2 Å². The maximum atomic E-state index is 10.6. The molecule has 1 aliphatic rings. The van der Waals surface area contributed by atoms with Crippen LogP contribution in [0.15, 0.2) is 0 Å². The molecule has 1 amide bonds. The highest BCUT2D eigenvalue weighted by Crippen LogP contribution is 2.00. The highest BCUT2D eigenvalue weighted by atomic mass is 32.2. The van der Waals surface area contributed by atoms with Gasteiger partial charge in [-0.1, -0.05) is 0 Å². The fourth-order valence-corrected chi connectivity index (χ4v) is 1.34. The maximum absolute atomic E-state index is 10.6. The lowest BCUT2D eigenvalue weighted by molar-refractivity contribution is -0.118. The van der Waals surface area contributed by atoms with Gasteiger partial charge in [0.25, 0.3) is 0 Å². The second-order valence-electron chi connectivity index (χ2n) is 2.00. The lowest BCUT2D eigenvalue weighted by atomic mass is 10.6. The van der Waals surface area contributed by atoms with Gasteiger partial charge in [-0.2, -0.15) is 0 Å². The van der Waals surface area contributed by atoms with Gasteiger partial charge in [0.1, 0.15) is 0 Å². The van der Waals surface area contributed by atoms with Crippen molar-refractivity contribution in [2.75, 3.05) is 25.3 Å². The monoisotopic (exact) mass is 146 g/mol. The van der Waals surface area contributed by atoms with Crippen LogP contribution >= 0.6 is 11.8 Å². The molecule has 0 radical (unpaired) electrons. The van der Waals surface area contributed by atoms with Crippen LogP contribution in [-0.2, 0) is 4.79 Å². The lowest BCUT2D eigenvalue weighted by Crippen LogP contribution is -2.20. The van der Waals surface area contributed by atoms with Crippen LogP contribution in [0.3, 0.4) is 0 Å². The minimum absolute atomic E-state index is 0.143. The first-order chi connectivity index (χ1) is 4.33. The van der Waals surface area contributed by atoms with Gasteiger partial charge < -0.3 is 5.32 Å². The molecule has 1 fully saturated rings. The number of amides is 1. The van der Waals surface area contributed by atoms with Crippen LogP contribution in [0.25, 0.3) is 0 Å². The molecule has 1 N–H and O–H groups in total. The smallest absolute Gasteiger partial charge is 0.235 e. The van der Waals surface area contributed by atoms with E-state index in [4.69, 9.17) is 0 Å². The number of hydrogen-bond acceptors (Lipinski definition) is 3. The molecule has 0 aliphatic carbocycles. The number of nitrogens with one attached hydrogen (secondary N) is 1. The third-order valence-electron chi connectivity index (χ3n) is 1.18. The van der Waals surface area contributed by atoms with Gasteiger partial charge in [0.05, 0.1) is 13.2 Å². The molecular weight excluding hydrogens is 136 g/mol. The van der Waals surface area contributed by atoms with Gasteiger partial charge in [0, 0.05) is 5.88 Å². The van der Waals surface area contributed by atoms with Gasteiger partial charge in [0.2, 0.25) is 5.91 Å². The zero-order valence-corrected chi connectivity index (χ0v) is 6.20. The Bertz CT molecular complexity index is 118. The fourth-order valence-electron chi connectivity index (χ4n) is 0.789. The van der Waals surface area contributed by atoms with Crippen LogP contribution in [0.5, 0.6) is 0 Å². The molecule has 0 atom stereocenters. The van der Waals surface area contributed by atoms with Crippen molar-refractivity contribution in [2.45, 2.75) is 0 Å². The van der Waals surface area contributed by atoms with Gasteiger partial charge in [-0.05, 0) is 6.26 Å². The van der Waals surface area contributed by atoms with E-state index in [9.17, 15) is 4.79 Å². The van der Waals surface area contributed by atoms with Crippen molar-refractivity contribution in [1.82, 2.24) is 10.2 Å². The first-order valence-electron chi connectivity index (χ1n) is 2.81. The molecular formula is C5H10N2OS. The molecule has 0 unspecified atom stereocenters. The Morgan fingerprint density at radius 3 is 3.11 bits per heavy atom. The third-order valence-corrected chi connectivity index (χ3v) is 1.80. The first-order valence-corrected chi connectivity index (χ1v) is 4.20. The molecule has 0 spiro atoms.